The Labute approximate surface area is 97.6 Å². The molecule has 0 saturated heterocycles. The van der Waals surface area contributed by atoms with Gasteiger partial charge in [0.25, 0.3) is 0 Å². The Morgan fingerprint density at radius 1 is 1.38 bits per heavy atom. The van der Waals surface area contributed by atoms with Gasteiger partial charge in [0.1, 0.15) is 0 Å². The van der Waals surface area contributed by atoms with Crippen LogP contribution in [0.1, 0.15) is 63.6 Å². The van der Waals surface area contributed by atoms with E-state index in [0.29, 0.717) is 11.8 Å². The zero-order valence-corrected chi connectivity index (χ0v) is 10.6. The minimum atomic E-state index is 0.529. The molecule has 3 nitrogen and oxygen atoms in total. The van der Waals surface area contributed by atoms with E-state index >= 15 is 0 Å². The molecule has 3 unspecified atom stereocenters. The highest BCUT2D eigenvalue weighted by atomic mass is 16.5. The first kappa shape index (κ1) is 11.6. The molecule has 90 valence electrons. The van der Waals surface area contributed by atoms with E-state index in [9.17, 15) is 0 Å². The first-order valence-corrected chi connectivity index (χ1v) is 6.52. The maximum atomic E-state index is 5.12. The summed E-state index contributed by atoms with van der Waals surface area (Å²) in [5.41, 5.74) is 0. The Balaban J connectivity index is 2.16. The molecule has 1 fully saturated rings. The summed E-state index contributed by atoms with van der Waals surface area (Å²) in [6.07, 6.45) is 6.48. The van der Waals surface area contributed by atoms with Gasteiger partial charge in [0, 0.05) is 12.8 Å². The molecule has 1 aromatic heterocycles. The van der Waals surface area contributed by atoms with Crippen molar-refractivity contribution in [3.63, 3.8) is 0 Å². The molecule has 1 saturated carbocycles. The largest absolute Gasteiger partial charge is 0.340 e. The number of aromatic nitrogens is 2. The molecule has 1 aliphatic carbocycles. The van der Waals surface area contributed by atoms with Crippen LogP contribution in [0.15, 0.2) is 4.52 Å². The van der Waals surface area contributed by atoms with Crippen molar-refractivity contribution in [2.24, 2.45) is 11.8 Å². The van der Waals surface area contributed by atoms with Crippen molar-refractivity contribution in [2.75, 3.05) is 0 Å². The summed E-state index contributed by atoms with van der Waals surface area (Å²) in [6, 6.07) is 0. The Morgan fingerprint density at radius 3 is 2.75 bits per heavy atom. The van der Waals surface area contributed by atoms with Crippen molar-refractivity contribution in [3.8, 4) is 0 Å². The summed E-state index contributed by atoms with van der Waals surface area (Å²) in [4.78, 5) is 4.42. The third-order valence-electron chi connectivity index (χ3n) is 4.07. The fraction of sp³-hybridized carbons (Fsp3) is 0.846. The van der Waals surface area contributed by atoms with Gasteiger partial charge in [-0.25, -0.2) is 0 Å². The minimum Gasteiger partial charge on any atom is -0.340 e. The monoisotopic (exact) mass is 222 g/mol. The molecule has 0 bridgehead atoms. The zero-order chi connectivity index (χ0) is 11.5. The van der Waals surface area contributed by atoms with Crippen LogP contribution in [0.4, 0.5) is 0 Å². The molecule has 2 rings (SSSR count). The van der Waals surface area contributed by atoms with Gasteiger partial charge in [0.15, 0.2) is 5.82 Å². The molecule has 0 N–H and O–H groups in total. The van der Waals surface area contributed by atoms with Gasteiger partial charge in [0.05, 0.1) is 0 Å². The molecule has 0 aromatic carbocycles. The number of rotatable bonds is 3. The number of nitrogens with zero attached hydrogens (tertiary/aromatic N) is 2. The second-order valence-corrected chi connectivity index (χ2v) is 5.11. The average Bonchev–Trinajstić information content (AvgIpc) is 2.75. The van der Waals surface area contributed by atoms with Crippen LogP contribution in [0.5, 0.6) is 0 Å². The Hall–Kier alpha value is -0.860. The summed E-state index contributed by atoms with van der Waals surface area (Å²) in [5.74, 6) is 3.69. The molecule has 16 heavy (non-hydrogen) atoms. The van der Waals surface area contributed by atoms with E-state index in [1.54, 1.807) is 0 Å². The van der Waals surface area contributed by atoms with Crippen LogP contribution in [0, 0.1) is 18.8 Å². The van der Waals surface area contributed by atoms with Crippen molar-refractivity contribution in [3.05, 3.63) is 11.7 Å². The van der Waals surface area contributed by atoms with Gasteiger partial charge in [-0.1, -0.05) is 38.3 Å². The highest BCUT2D eigenvalue weighted by Crippen LogP contribution is 2.41. The second kappa shape index (κ2) is 4.98. The maximum absolute atomic E-state index is 5.12. The molecule has 1 aliphatic rings. The topological polar surface area (TPSA) is 38.9 Å². The fourth-order valence-electron chi connectivity index (χ4n) is 2.93. The van der Waals surface area contributed by atoms with Gasteiger partial charge in [-0.15, -0.1) is 0 Å². The van der Waals surface area contributed by atoms with Gasteiger partial charge in [0.2, 0.25) is 5.89 Å². The summed E-state index contributed by atoms with van der Waals surface area (Å²) < 4.78 is 5.12. The van der Waals surface area contributed by atoms with Gasteiger partial charge >= 0.3 is 0 Å². The lowest BCUT2D eigenvalue weighted by molar-refractivity contribution is 0.210. The van der Waals surface area contributed by atoms with Crippen molar-refractivity contribution in [1.29, 1.82) is 0 Å². The first-order chi connectivity index (χ1) is 7.72. The van der Waals surface area contributed by atoms with Crippen molar-refractivity contribution in [1.82, 2.24) is 10.1 Å². The lowest BCUT2D eigenvalue weighted by Gasteiger charge is -2.33. The molecule has 1 aromatic rings. The van der Waals surface area contributed by atoms with Crippen molar-refractivity contribution >= 4 is 0 Å². The molecule has 3 atom stereocenters. The van der Waals surface area contributed by atoms with Gasteiger partial charge in [-0.05, 0) is 24.7 Å². The van der Waals surface area contributed by atoms with E-state index < -0.39 is 0 Å². The van der Waals surface area contributed by atoms with E-state index in [4.69, 9.17) is 4.52 Å². The Morgan fingerprint density at radius 2 is 2.12 bits per heavy atom. The van der Waals surface area contributed by atoms with E-state index in [-0.39, 0.29) is 0 Å². The summed E-state index contributed by atoms with van der Waals surface area (Å²) in [7, 11) is 0. The molecule has 0 spiro atoms. The number of hydrogen-bond donors (Lipinski definition) is 0. The molecule has 1 heterocycles. The normalized spacial score (nSPS) is 27.9. The quantitative estimate of drug-likeness (QED) is 0.782. The molecule has 0 radical (unpaired) electrons. The third-order valence-corrected chi connectivity index (χ3v) is 4.07. The molecule has 0 aliphatic heterocycles. The average molecular weight is 222 g/mol. The van der Waals surface area contributed by atoms with Crippen LogP contribution >= 0.6 is 0 Å². The molecule has 3 heteroatoms. The van der Waals surface area contributed by atoms with Crippen LogP contribution in [-0.4, -0.2) is 10.1 Å². The van der Waals surface area contributed by atoms with Crippen LogP contribution in [0.25, 0.3) is 0 Å². The Bertz CT molecular complexity index is 334. The zero-order valence-electron chi connectivity index (χ0n) is 10.6. The molecular weight excluding hydrogens is 200 g/mol. The molecular formula is C13H22N2O. The summed E-state index contributed by atoms with van der Waals surface area (Å²) in [6.45, 7) is 6.51. The maximum Gasteiger partial charge on any atom is 0.223 e. The highest BCUT2D eigenvalue weighted by molar-refractivity contribution is 5.00. The van der Waals surface area contributed by atoms with Crippen molar-refractivity contribution in [2.45, 2.75) is 58.8 Å². The SMILES string of the molecule is CCC(C)C1CCCCC1c1noc(C)n1. The number of hydrogen-bond acceptors (Lipinski definition) is 3. The minimum absolute atomic E-state index is 0.529. The highest BCUT2D eigenvalue weighted by Gasteiger charge is 2.32. The fourth-order valence-corrected chi connectivity index (χ4v) is 2.93. The predicted octanol–water partition coefficient (Wildman–Crippen LogP) is 3.70. The third kappa shape index (κ3) is 2.28. The van der Waals surface area contributed by atoms with Crippen LogP contribution in [0.2, 0.25) is 0 Å². The van der Waals surface area contributed by atoms with Crippen LogP contribution < -0.4 is 0 Å². The summed E-state index contributed by atoms with van der Waals surface area (Å²) >= 11 is 0. The van der Waals surface area contributed by atoms with Crippen LogP contribution in [-0.2, 0) is 0 Å². The lowest BCUT2D eigenvalue weighted by atomic mass is 9.72. The standard InChI is InChI=1S/C13H22N2O/c1-4-9(2)11-7-5-6-8-12(11)13-14-10(3)16-15-13/h9,11-12H,4-8H2,1-3H3. The van der Waals surface area contributed by atoms with E-state index in [1.807, 2.05) is 6.92 Å². The second-order valence-electron chi connectivity index (χ2n) is 5.11. The number of aryl methyl sites for hydroxylation is 1. The smallest absolute Gasteiger partial charge is 0.223 e. The predicted molar refractivity (Wildman–Crippen MR) is 63.2 cm³/mol. The van der Waals surface area contributed by atoms with Gasteiger partial charge < -0.3 is 4.52 Å². The van der Waals surface area contributed by atoms with Gasteiger partial charge in [-0.2, -0.15) is 4.98 Å². The van der Waals surface area contributed by atoms with E-state index in [2.05, 4.69) is 24.0 Å². The van der Waals surface area contributed by atoms with Crippen molar-refractivity contribution < 1.29 is 4.52 Å². The lowest BCUT2D eigenvalue weighted by Crippen LogP contribution is -2.24. The Kier molecular flexibility index (Phi) is 3.62. The van der Waals surface area contributed by atoms with E-state index in [1.165, 1.54) is 32.1 Å². The first-order valence-electron chi connectivity index (χ1n) is 6.52. The summed E-state index contributed by atoms with van der Waals surface area (Å²) in [5, 5.41) is 4.12. The van der Waals surface area contributed by atoms with E-state index in [0.717, 1.165) is 17.7 Å². The van der Waals surface area contributed by atoms with Gasteiger partial charge in [-0.3, -0.25) is 0 Å². The molecule has 0 amide bonds. The van der Waals surface area contributed by atoms with Crippen LogP contribution in [0.3, 0.4) is 0 Å².